The Morgan fingerprint density at radius 3 is 2.45 bits per heavy atom. The minimum absolute atomic E-state index is 0.0228. The van der Waals surface area contributed by atoms with E-state index in [1.54, 1.807) is 12.1 Å². The molecule has 3 amide bonds. The molecule has 1 aliphatic rings. The third-order valence-corrected chi connectivity index (χ3v) is 9.68. The first-order valence-corrected chi connectivity index (χ1v) is 16.7. The van der Waals surface area contributed by atoms with Gasteiger partial charge in [-0.15, -0.1) is 0 Å². The van der Waals surface area contributed by atoms with E-state index in [1.807, 2.05) is 11.6 Å². The first-order valence-electron chi connectivity index (χ1n) is 14.7. The summed E-state index contributed by atoms with van der Waals surface area (Å²) in [4.78, 5) is 38.4. The topological polar surface area (TPSA) is 113 Å². The summed E-state index contributed by atoms with van der Waals surface area (Å²) in [5, 5.41) is 3.04. The van der Waals surface area contributed by atoms with Gasteiger partial charge in [0.05, 0.1) is 4.90 Å². The van der Waals surface area contributed by atoms with Crippen LogP contribution in [0.3, 0.4) is 0 Å². The molecule has 2 aromatic rings. The van der Waals surface area contributed by atoms with Gasteiger partial charge in [-0.05, 0) is 42.9 Å². The summed E-state index contributed by atoms with van der Waals surface area (Å²) in [5.41, 5.74) is 0.794. The summed E-state index contributed by atoms with van der Waals surface area (Å²) in [7, 11) is -4.15. The van der Waals surface area contributed by atoms with Crippen molar-refractivity contribution in [3.05, 3.63) is 53.8 Å². The van der Waals surface area contributed by atoms with E-state index < -0.39 is 21.7 Å². The second kappa shape index (κ2) is 16.1. The van der Waals surface area contributed by atoms with Crippen molar-refractivity contribution in [3.63, 3.8) is 0 Å². The van der Waals surface area contributed by atoms with Crippen molar-refractivity contribution in [3.8, 4) is 11.1 Å². The van der Waals surface area contributed by atoms with Crippen LogP contribution in [0.5, 0.6) is 0 Å². The molecule has 2 N–H and O–H groups in total. The molecule has 42 heavy (non-hydrogen) atoms. The predicted molar refractivity (Wildman–Crippen MR) is 165 cm³/mol. The monoisotopic (exact) mass is 619 g/mol. The van der Waals surface area contributed by atoms with E-state index >= 15 is 4.39 Å². The zero-order valence-corrected chi connectivity index (χ0v) is 26.1. The number of thiol groups is 1. The van der Waals surface area contributed by atoms with Gasteiger partial charge in [-0.2, -0.15) is 12.6 Å². The number of halogens is 1. The number of benzene rings is 2. The van der Waals surface area contributed by atoms with Crippen LogP contribution in [0.2, 0.25) is 0 Å². The summed E-state index contributed by atoms with van der Waals surface area (Å²) in [5.74, 6) is -1.18. The van der Waals surface area contributed by atoms with E-state index in [2.05, 4.69) is 5.32 Å². The van der Waals surface area contributed by atoms with Crippen molar-refractivity contribution >= 4 is 40.4 Å². The van der Waals surface area contributed by atoms with Gasteiger partial charge in [0.1, 0.15) is 5.82 Å². The molecule has 1 atom stereocenters. The first kappa shape index (κ1) is 33.6. The van der Waals surface area contributed by atoms with Crippen molar-refractivity contribution in [1.29, 1.82) is 0 Å². The molecule has 0 saturated heterocycles. The quantitative estimate of drug-likeness (QED) is 0.251. The number of amides is 3. The molecular formula is C31H42FN3O5S2. The van der Waals surface area contributed by atoms with Gasteiger partial charge >= 0.3 is 0 Å². The Kier molecular flexibility index (Phi) is 12.8. The molecule has 1 saturated carbocycles. The highest BCUT2D eigenvalue weighted by Crippen LogP contribution is 2.30. The smallest absolute Gasteiger partial charge is 0.264 e. The molecular weight excluding hydrogens is 577 g/mol. The second-order valence-corrected chi connectivity index (χ2v) is 13.2. The lowest BCUT2D eigenvalue weighted by Gasteiger charge is -2.27. The van der Waals surface area contributed by atoms with E-state index in [0.29, 0.717) is 30.9 Å². The highest BCUT2D eigenvalue weighted by molar-refractivity contribution is 7.90. The number of rotatable bonds is 14. The maximum absolute atomic E-state index is 15.4. The van der Waals surface area contributed by atoms with E-state index in [9.17, 15) is 22.8 Å². The maximum atomic E-state index is 15.4. The number of sulfonamides is 1. The average Bonchev–Trinajstić information content (AvgIpc) is 2.97. The van der Waals surface area contributed by atoms with Crippen LogP contribution in [-0.2, 0) is 31.0 Å². The van der Waals surface area contributed by atoms with Gasteiger partial charge in [0, 0.05) is 55.8 Å². The summed E-state index contributed by atoms with van der Waals surface area (Å²) in [6.07, 6.45) is 7.82. The molecule has 0 unspecified atom stereocenters. The highest BCUT2D eigenvalue weighted by Gasteiger charge is 2.23. The van der Waals surface area contributed by atoms with Gasteiger partial charge in [0.25, 0.3) is 10.0 Å². The van der Waals surface area contributed by atoms with Gasteiger partial charge in [0.15, 0.2) is 0 Å². The normalized spacial score (nSPS) is 14.7. The number of hydrogen-bond donors (Lipinski definition) is 3. The Morgan fingerprint density at radius 1 is 1.07 bits per heavy atom. The molecule has 230 valence electrons. The fourth-order valence-electron chi connectivity index (χ4n) is 5.24. The predicted octanol–water partition coefficient (Wildman–Crippen LogP) is 5.22. The largest absolute Gasteiger partial charge is 0.355 e. The lowest BCUT2D eigenvalue weighted by atomic mass is 9.86. The van der Waals surface area contributed by atoms with Crippen LogP contribution < -0.4 is 10.0 Å². The third-order valence-electron chi connectivity index (χ3n) is 7.59. The van der Waals surface area contributed by atoms with Crippen LogP contribution in [0.15, 0.2) is 47.4 Å². The van der Waals surface area contributed by atoms with Crippen LogP contribution in [0, 0.1) is 11.7 Å². The minimum atomic E-state index is -4.15. The fraction of sp³-hybridized carbons (Fsp3) is 0.516. The van der Waals surface area contributed by atoms with Crippen LogP contribution in [0.4, 0.5) is 4.39 Å². The number of unbranched alkanes of at least 4 members (excludes halogenated alkanes) is 1. The molecule has 0 bridgehead atoms. The molecule has 1 fully saturated rings. The van der Waals surface area contributed by atoms with Gasteiger partial charge in [0.2, 0.25) is 17.7 Å². The molecule has 11 heteroatoms. The highest BCUT2D eigenvalue weighted by atomic mass is 32.2. The van der Waals surface area contributed by atoms with Gasteiger partial charge < -0.3 is 10.2 Å². The lowest BCUT2D eigenvalue weighted by molar-refractivity contribution is -0.132. The Morgan fingerprint density at radius 2 is 1.79 bits per heavy atom. The van der Waals surface area contributed by atoms with Gasteiger partial charge in [-0.1, -0.05) is 62.9 Å². The molecule has 1 aliphatic carbocycles. The molecule has 3 rings (SSSR count). The molecule has 2 aromatic carbocycles. The Balaban J connectivity index is 1.71. The van der Waals surface area contributed by atoms with E-state index in [0.717, 1.165) is 26.2 Å². The van der Waals surface area contributed by atoms with E-state index in [-0.39, 0.29) is 52.6 Å². The Bertz CT molecular complexity index is 1350. The Labute approximate surface area is 254 Å². The van der Waals surface area contributed by atoms with E-state index in [1.165, 1.54) is 54.5 Å². The lowest BCUT2D eigenvalue weighted by Crippen LogP contribution is -2.37. The standard InChI is InChI=1S/C31H42FN3O5S2/c1-3-4-14-31(38)35(18-17-30(37)33-20-28(41)23-10-6-5-7-11-23)21-25-16-15-24(19-27(25)32)26-12-8-9-13-29(26)42(39,40)34-22(2)36/h8-9,12-13,15-16,19,23,28,41H,3-7,10-11,14,17-18,20-21H2,1-2H3,(H,33,37)(H,34,36)/t28-/m0/s1. The van der Waals surface area contributed by atoms with E-state index in [4.69, 9.17) is 12.6 Å². The third kappa shape index (κ3) is 9.83. The van der Waals surface area contributed by atoms with Crippen LogP contribution >= 0.6 is 12.6 Å². The van der Waals surface area contributed by atoms with Crippen molar-refractivity contribution < 1.29 is 27.2 Å². The second-order valence-electron chi connectivity index (χ2n) is 10.9. The summed E-state index contributed by atoms with van der Waals surface area (Å²) >= 11 is 4.70. The number of carbonyl (C=O) groups excluding carboxylic acids is 3. The molecule has 0 aromatic heterocycles. The average molecular weight is 620 g/mol. The van der Waals surface area contributed by atoms with Crippen molar-refractivity contribution in [1.82, 2.24) is 14.9 Å². The first-order chi connectivity index (χ1) is 20.0. The summed E-state index contributed by atoms with van der Waals surface area (Å²) in [6.45, 7) is 3.68. The number of hydrogen-bond acceptors (Lipinski definition) is 6. The molecule has 0 radical (unpaired) electrons. The SMILES string of the molecule is CCCCC(=O)N(CCC(=O)NC[C@H](S)C1CCCCC1)Cc1ccc(-c2ccccc2S(=O)(=O)NC(C)=O)cc1F. The molecule has 8 nitrogen and oxygen atoms in total. The van der Waals surface area contributed by atoms with Crippen LogP contribution in [-0.4, -0.2) is 49.4 Å². The van der Waals surface area contributed by atoms with Gasteiger partial charge in [-0.25, -0.2) is 17.5 Å². The minimum Gasteiger partial charge on any atom is -0.355 e. The Hall–Kier alpha value is -2.92. The molecule has 0 heterocycles. The van der Waals surface area contributed by atoms with Crippen molar-refractivity contribution in [2.75, 3.05) is 13.1 Å². The number of carbonyl (C=O) groups is 3. The number of nitrogens with zero attached hydrogens (tertiary/aromatic N) is 1. The van der Waals surface area contributed by atoms with Crippen LogP contribution in [0.25, 0.3) is 11.1 Å². The fourth-order valence-corrected chi connectivity index (χ4v) is 6.85. The number of nitrogens with one attached hydrogen (secondary N) is 2. The maximum Gasteiger partial charge on any atom is 0.264 e. The zero-order valence-electron chi connectivity index (χ0n) is 24.4. The van der Waals surface area contributed by atoms with Crippen molar-refractivity contribution in [2.24, 2.45) is 5.92 Å². The molecule has 0 spiro atoms. The zero-order chi connectivity index (χ0) is 30.7. The molecule has 0 aliphatic heterocycles. The van der Waals surface area contributed by atoms with Crippen molar-refractivity contribution in [2.45, 2.75) is 88.3 Å². The summed E-state index contributed by atoms with van der Waals surface area (Å²) in [6, 6.07) is 10.3. The van der Waals surface area contributed by atoms with Crippen LogP contribution in [0.1, 0.15) is 77.2 Å². The van der Waals surface area contributed by atoms with Gasteiger partial charge in [-0.3, -0.25) is 14.4 Å². The summed E-state index contributed by atoms with van der Waals surface area (Å²) < 4.78 is 42.7.